The van der Waals surface area contributed by atoms with Gasteiger partial charge in [-0.05, 0) is 44.4 Å². The van der Waals surface area contributed by atoms with Crippen LogP contribution in [0, 0.1) is 23.2 Å². The highest BCUT2D eigenvalue weighted by atomic mass is 15.1. The lowest BCUT2D eigenvalue weighted by atomic mass is 9.77. The summed E-state index contributed by atoms with van der Waals surface area (Å²) in [4.78, 5) is 6.70. The van der Waals surface area contributed by atoms with E-state index in [4.69, 9.17) is 0 Å². The summed E-state index contributed by atoms with van der Waals surface area (Å²) in [5, 5.41) is 9.34. The lowest BCUT2D eigenvalue weighted by Gasteiger charge is -2.38. The summed E-state index contributed by atoms with van der Waals surface area (Å²) in [6, 6.07) is 8.90. The Morgan fingerprint density at radius 2 is 2.26 bits per heavy atom. The van der Waals surface area contributed by atoms with Crippen molar-refractivity contribution in [1.82, 2.24) is 9.88 Å². The molecule has 1 aromatic heterocycles. The highest BCUT2D eigenvalue weighted by molar-refractivity contribution is 5.05. The third-order valence-corrected chi connectivity index (χ3v) is 4.37. The molecule has 0 saturated heterocycles. The first-order chi connectivity index (χ1) is 9.24. The van der Waals surface area contributed by atoms with Gasteiger partial charge in [0.1, 0.15) is 0 Å². The minimum absolute atomic E-state index is 0.177. The Balaban J connectivity index is 2.02. The SMILES string of the molecule is CCC1CCC(C#N)C(N(C)Cc2ccccn2)C1. The van der Waals surface area contributed by atoms with Gasteiger partial charge in [0.05, 0.1) is 17.7 Å². The van der Waals surface area contributed by atoms with Gasteiger partial charge in [-0.2, -0.15) is 5.26 Å². The second-order valence-corrected chi connectivity index (χ2v) is 5.63. The van der Waals surface area contributed by atoms with Gasteiger partial charge in [0.2, 0.25) is 0 Å². The highest BCUT2D eigenvalue weighted by Gasteiger charge is 2.32. The van der Waals surface area contributed by atoms with Gasteiger partial charge in [-0.25, -0.2) is 0 Å². The molecule has 3 atom stereocenters. The zero-order valence-corrected chi connectivity index (χ0v) is 11.9. The molecule has 3 heteroatoms. The first-order valence-corrected chi connectivity index (χ1v) is 7.24. The highest BCUT2D eigenvalue weighted by Crippen LogP contribution is 2.33. The van der Waals surface area contributed by atoms with E-state index < -0.39 is 0 Å². The molecule has 1 aliphatic rings. The summed E-state index contributed by atoms with van der Waals surface area (Å²) >= 11 is 0. The maximum Gasteiger partial charge on any atom is 0.0672 e. The Labute approximate surface area is 116 Å². The monoisotopic (exact) mass is 257 g/mol. The number of nitrogens with zero attached hydrogens (tertiary/aromatic N) is 3. The maximum absolute atomic E-state index is 9.34. The van der Waals surface area contributed by atoms with Crippen molar-refractivity contribution < 1.29 is 0 Å². The van der Waals surface area contributed by atoms with Crippen LogP contribution in [0.2, 0.25) is 0 Å². The van der Waals surface area contributed by atoms with Crippen molar-refractivity contribution in [3.05, 3.63) is 30.1 Å². The molecule has 3 unspecified atom stereocenters. The molecule has 1 aromatic rings. The Morgan fingerprint density at radius 3 is 2.89 bits per heavy atom. The summed E-state index contributed by atoms with van der Waals surface area (Å²) < 4.78 is 0. The van der Waals surface area contributed by atoms with E-state index in [9.17, 15) is 5.26 Å². The van der Waals surface area contributed by atoms with Crippen molar-refractivity contribution >= 4 is 0 Å². The Morgan fingerprint density at radius 1 is 1.42 bits per heavy atom. The molecule has 0 radical (unpaired) electrons. The molecule has 19 heavy (non-hydrogen) atoms. The molecule has 3 nitrogen and oxygen atoms in total. The molecule has 0 aliphatic heterocycles. The number of hydrogen-bond acceptors (Lipinski definition) is 3. The minimum atomic E-state index is 0.177. The fraction of sp³-hybridized carbons (Fsp3) is 0.625. The Kier molecular flexibility index (Phi) is 4.93. The van der Waals surface area contributed by atoms with Gasteiger partial charge >= 0.3 is 0 Å². The summed E-state index contributed by atoms with van der Waals surface area (Å²) in [6.45, 7) is 3.09. The van der Waals surface area contributed by atoms with Gasteiger partial charge in [-0.1, -0.05) is 19.4 Å². The maximum atomic E-state index is 9.34. The van der Waals surface area contributed by atoms with E-state index in [0.717, 1.165) is 31.0 Å². The van der Waals surface area contributed by atoms with Crippen molar-refractivity contribution in [3.63, 3.8) is 0 Å². The molecule has 1 heterocycles. The molecule has 0 N–H and O–H groups in total. The van der Waals surface area contributed by atoms with E-state index in [2.05, 4.69) is 36.0 Å². The molecule has 1 fully saturated rings. The summed E-state index contributed by atoms with van der Waals surface area (Å²) in [7, 11) is 2.13. The third-order valence-electron chi connectivity index (χ3n) is 4.37. The van der Waals surface area contributed by atoms with Gasteiger partial charge in [-0.3, -0.25) is 9.88 Å². The number of pyridine rings is 1. The van der Waals surface area contributed by atoms with Crippen LogP contribution >= 0.6 is 0 Å². The number of rotatable bonds is 4. The average Bonchev–Trinajstić information content (AvgIpc) is 2.47. The largest absolute Gasteiger partial charge is 0.296 e. The van der Waals surface area contributed by atoms with Crippen LogP contribution in [-0.4, -0.2) is 23.0 Å². The van der Waals surface area contributed by atoms with Gasteiger partial charge in [0, 0.05) is 18.8 Å². The second-order valence-electron chi connectivity index (χ2n) is 5.63. The topological polar surface area (TPSA) is 39.9 Å². The molecule has 1 saturated carbocycles. The van der Waals surface area contributed by atoms with E-state index in [1.165, 1.54) is 12.8 Å². The molecule has 0 aromatic carbocycles. The van der Waals surface area contributed by atoms with E-state index in [1.54, 1.807) is 0 Å². The smallest absolute Gasteiger partial charge is 0.0672 e. The van der Waals surface area contributed by atoms with Crippen molar-refractivity contribution in [2.45, 2.75) is 45.2 Å². The Bertz CT molecular complexity index is 423. The third kappa shape index (κ3) is 3.54. The zero-order chi connectivity index (χ0) is 13.7. The fourth-order valence-electron chi connectivity index (χ4n) is 3.10. The summed E-state index contributed by atoms with van der Waals surface area (Å²) in [6.07, 6.45) is 6.47. The molecular weight excluding hydrogens is 234 g/mol. The number of aromatic nitrogens is 1. The summed E-state index contributed by atoms with van der Waals surface area (Å²) in [5.41, 5.74) is 1.08. The van der Waals surface area contributed by atoms with Crippen LogP contribution in [0.25, 0.3) is 0 Å². The van der Waals surface area contributed by atoms with Crippen molar-refractivity contribution in [3.8, 4) is 6.07 Å². The quantitative estimate of drug-likeness (QED) is 0.831. The predicted molar refractivity (Wildman–Crippen MR) is 76.2 cm³/mol. The van der Waals surface area contributed by atoms with Crippen molar-refractivity contribution in [1.29, 1.82) is 5.26 Å². The molecule has 2 rings (SSSR count). The predicted octanol–water partition coefficient (Wildman–Crippen LogP) is 3.23. The molecular formula is C16H23N3. The van der Waals surface area contributed by atoms with Crippen LogP contribution in [-0.2, 0) is 6.54 Å². The van der Waals surface area contributed by atoms with Crippen molar-refractivity contribution in [2.24, 2.45) is 11.8 Å². The summed E-state index contributed by atoms with van der Waals surface area (Å²) in [5.74, 6) is 0.956. The van der Waals surface area contributed by atoms with Gasteiger partial charge in [0.15, 0.2) is 0 Å². The standard InChI is InChI=1S/C16H23N3/c1-3-13-7-8-14(11-17)16(10-13)19(2)12-15-6-4-5-9-18-15/h4-6,9,13-14,16H,3,7-8,10,12H2,1-2H3. The zero-order valence-electron chi connectivity index (χ0n) is 11.9. The van der Waals surface area contributed by atoms with Crippen LogP contribution < -0.4 is 0 Å². The molecule has 0 spiro atoms. The van der Waals surface area contributed by atoms with E-state index in [-0.39, 0.29) is 5.92 Å². The van der Waals surface area contributed by atoms with Crippen LogP contribution in [0.1, 0.15) is 38.3 Å². The average molecular weight is 257 g/mol. The van der Waals surface area contributed by atoms with E-state index in [1.807, 2.05) is 18.3 Å². The first-order valence-electron chi connectivity index (χ1n) is 7.24. The molecule has 0 amide bonds. The second kappa shape index (κ2) is 6.68. The normalized spacial score (nSPS) is 27.2. The van der Waals surface area contributed by atoms with Gasteiger partial charge < -0.3 is 0 Å². The van der Waals surface area contributed by atoms with Crippen LogP contribution in [0.3, 0.4) is 0 Å². The number of hydrogen-bond donors (Lipinski definition) is 0. The van der Waals surface area contributed by atoms with E-state index >= 15 is 0 Å². The van der Waals surface area contributed by atoms with Gasteiger partial charge in [0.25, 0.3) is 0 Å². The van der Waals surface area contributed by atoms with Gasteiger partial charge in [-0.15, -0.1) is 0 Å². The fourth-order valence-corrected chi connectivity index (χ4v) is 3.10. The lowest BCUT2D eigenvalue weighted by molar-refractivity contribution is 0.117. The molecule has 102 valence electrons. The Hall–Kier alpha value is -1.40. The van der Waals surface area contributed by atoms with Crippen LogP contribution in [0.5, 0.6) is 0 Å². The van der Waals surface area contributed by atoms with E-state index in [0.29, 0.717) is 6.04 Å². The number of nitriles is 1. The van der Waals surface area contributed by atoms with Crippen LogP contribution in [0.15, 0.2) is 24.4 Å². The first kappa shape index (κ1) is 14.0. The minimum Gasteiger partial charge on any atom is -0.296 e. The van der Waals surface area contributed by atoms with Crippen molar-refractivity contribution in [2.75, 3.05) is 7.05 Å². The molecule has 0 bridgehead atoms. The molecule has 1 aliphatic carbocycles. The lowest BCUT2D eigenvalue weighted by Crippen LogP contribution is -2.41. The van der Waals surface area contributed by atoms with Crippen LogP contribution in [0.4, 0.5) is 0 Å².